The number of halogens is 1. The highest BCUT2D eigenvalue weighted by atomic mass is 35.5. The molecule has 0 radical (unpaired) electrons. The minimum atomic E-state index is -0.320. The third kappa shape index (κ3) is 3.49. The van der Waals surface area contributed by atoms with E-state index in [1.54, 1.807) is 41.3 Å². The van der Waals surface area contributed by atoms with Crippen LogP contribution >= 0.6 is 22.9 Å². The highest BCUT2D eigenvalue weighted by molar-refractivity contribution is 7.18. The van der Waals surface area contributed by atoms with Crippen molar-refractivity contribution in [3.8, 4) is 0 Å². The maximum absolute atomic E-state index is 12.7. The second-order valence-corrected chi connectivity index (χ2v) is 7.56. The lowest BCUT2D eigenvalue weighted by Gasteiger charge is -2.06. The van der Waals surface area contributed by atoms with E-state index in [2.05, 4.69) is 15.7 Å². The number of carbonyl (C=O) groups excluding carboxylic acids is 2. The van der Waals surface area contributed by atoms with Crippen LogP contribution in [0.15, 0.2) is 60.9 Å². The lowest BCUT2D eigenvalue weighted by atomic mass is 10.2. The first-order valence-corrected chi connectivity index (χ1v) is 9.62. The zero-order valence-corrected chi connectivity index (χ0v) is 16.3. The Labute approximate surface area is 169 Å². The number of amides is 2. The Morgan fingerprint density at radius 1 is 1.07 bits per heavy atom. The summed E-state index contributed by atoms with van der Waals surface area (Å²) in [7, 11) is 0. The number of nitrogens with one attached hydrogen (secondary N) is 2. The molecule has 0 aliphatic carbocycles. The van der Waals surface area contributed by atoms with Crippen LogP contribution in [0.2, 0.25) is 5.02 Å². The van der Waals surface area contributed by atoms with Crippen molar-refractivity contribution in [2.75, 3.05) is 10.7 Å². The molecule has 4 aromatic rings. The monoisotopic (exact) mass is 410 g/mol. The van der Waals surface area contributed by atoms with Gasteiger partial charge in [0.1, 0.15) is 6.33 Å². The van der Waals surface area contributed by atoms with E-state index in [4.69, 9.17) is 11.6 Å². The molecule has 2 aromatic carbocycles. The van der Waals surface area contributed by atoms with E-state index in [1.807, 2.05) is 31.2 Å². The van der Waals surface area contributed by atoms with Crippen molar-refractivity contribution in [3.05, 3.63) is 82.0 Å². The molecule has 4 rings (SSSR count). The van der Waals surface area contributed by atoms with Crippen LogP contribution in [0, 0.1) is 6.92 Å². The number of aryl methyl sites for hydroxylation is 1. The molecule has 8 heteroatoms. The molecular weight excluding hydrogens is 396 g/mol. The van der Waals surface area contributed by atoms with Gasteiger partial charge in [-0.25, -0.2) is 9.66 Å². The summed E-state index contributed by atoms with van der Waals surface area (Å²) in [5.74, 6) is -0.594. The predicted octanol–water partition coefficient (Wildman–Crippen LogP) is 4.70. The second-order valence-electron chi connectivity index (χ2n) is 6.10. The molecule has 0 fully saturated rings. The summed E-state index contributed by atoms with van der Waals surface area (Å²) in [4.78, 5) is 29.9. The van der Waals surface area contributed by atoms with Gasteiger partial charge in [-0.1, -0.05) is 35.9 Å². The van der Waals surface area contributed by atoms with Crippen LogP contribution in [-0.4, -0.2) is 21.5 Å². The highest BCUT2D eigenvalue weighted by Crippen LogP contribution is 2.28. The summed E-state index contributed by atoms with van der Waals surface area (Å²) in [5.41, 5.74) is 5.56. The van der Waals surface area contributed by atoms with E-state index in [9.17, 15) is 9.59 Å². The average Bonchev–Trinajstić information content (AvgIpc) is 3.25. The van der Waals surface area contributed by atoms with Crippen molar-refractivity contribution in [1.29, 1.82) is 0 Å². The zero-order chi connectivity index (χ0) is 19.7. The molecular formula is C20H15ClN4O2S. The number of para-hydroxylation sites is 2. The molecule has 0 atom stereocenters. The third-order valence-electron chi connectivity index (χ3n) is 4.15. The fraction of sp³-hybridized carbons (Fsp3) is 0.0500. The van der Waals surface area contributed by atoms with E-state index in [0.717, 1.165) is 16.6 Å². The SMILES string of the molecule is Cc1cc(NC(=O)c2ccccc2Cl)sc1C(=O)Nn1cnc2ccccc21. The van der Waals surface area contributed by atoms with Gasteiger partial charge in [-0.05, 0) is 42.8 Å². The van der Waals surface area contributed by atoms with Gasteiger partial charge in [0.25, 0.3) is 11.8 Å². The van der Waals surface area contributed by atoms with Crippen LogP contribution < -0.4 is 10.7 Å². The average molecular weight is 411 g/mol. The Kier molecular flexibility index (Phi) is 4.85. The summed E-state index contributed by atoms with van der Waals surface area (Å²) in [6.45, 7) is 1.82. The van der Waals surface area contributed by atoms with Crippen LogP contribution in [0.1, 0.15) is 25.6 Å². The van der Waals surface area contributed by atoms with Crippen LogP contribution in [0.4, 0.5) is 5.00 Å². The molecule has 6 nitrogen and oxygen atoms in total. The number of hydrogen-bond donors (Lipinski definition) is 2. The van der Waals surface area contributed by atoms with Crippen LogP contribution in [-0.2, 0) is 0 Å². The van der Waals surface area contributed by atoms with Gasteiger partial charge in [-0.3, -0.25) is 15.0 Å². The Bertz CT molecular complexity index is 1200. The fourth-order valence-electron chi connectivity index (χ4n) is 2.80. The van der Waals surface area contributed by atoms with Gasteiger partial charge in [0.15, 0.2) is 0 Å². The highest BCUT2D eigenvalue weighted by Gasteiger charge is 2.17. The molecule has 0 aliphatic heterocycles. The molecule has 28 heavy (non-hydrogen) atoms. The van der Waals surface area contributed by atoms with Crippen LogP contribution in [0.25, 0.3) is 11.0 Å². The molecule has 0 bridgehead atoms. The summed E-state index contributed by atoms with van der Waals surface area (Å²) >= 11 is 7.27. The molecule has 2 aromatic heterocycles. The van der Waals surface area contributed by atoms with Gasteiger partial charge >= 0.3 is 0 Å². The first-order valence-electron chi connectivity index (χ1n) is 8.42. The van der Waals surface area contributed by atoms with Gasteiger partial charge in [0.2, 0.25) is 0 Å². The Morgan fingerprint density at radius 3 is 2.64 bits per heavy atom. The molecule has 2 N–H and O–H groups in total. The standard InChI is InChI=1S/C20H15ClN4O2S/c1-12-10-17(23-19(26)13-6-2-3-7-14(13)21)28-18(12)20(27)24-25-11-22-15-8-4-5-9-16(15)25/h2-11H,1H3,(H,23,26)(H,24,27). The summed E-state index contributed by atoms with van der Waals surface area (Å²) in [6, 6.07) is 16.1. The Balaban J connectivity index is 1.53. The lowest BCUT2D eigenvalue weighted by molar-refractivity contribution is 0.101. The number of nitrogens with zero attached hydrogens (tertiary/aromatic N) is 2. The van der Waals surface area contributed by atoms with Crippen molar-refractivity contribution in [2.45, 2.75) is 6.92 Å². The Morgan fingerprint density at radius 2 is 1.82 bits per heavy atom. The van der Waals surface area contributed by atoms with Crippen molar-refractivity contribution in [2.24, 2.45) is 0 Å². The molecule has 0 saturated heterocycles. The van der Waals surface area contributed by atoms with Gasteiger partial charge < -0.3 is 5.32 Å². The van der Waals surface area contributed by atoms with Crippen molar-refractivity contribution >= 4 is 50.8 Å². The normalized spacial score (nSPS) is 10.8. The van der Waals surface area contributed by atoms with Gasteiger partial charge in [0.05, 0.1) is 31.5 Å². The molecule has 140 valence electrons. The minimum Gasteiger partial charge on any atom is -0.313 e. The van der Waals surface area contributed by atoms with Crippen molar-refractivity contribution in [3.63, 3.8) is 0 Å². The third-order valence-corrected chi connectivity index (χ3v) is 5.64. The molecule has 2 heterocycles. The largest absolute Gasteiger partial charge is 0.313 e. The van der Waals surface area contributed by atoms with Gasteiger partial charge in [0, 0.05) is 0 Å². The summed E-state index contributed by atoms with van der Waals surface area (Å²) in [6.07, 6.45) is 1.56. The fourth-order valence-corrected chi connectivity index (χ4v) is 3.98. The number of hydrogen-bond acceptors (Lipinski definition) is 4. The first-order chi connectivity index (χ1) is 13.5. The number of anilines is 1. The first kappa shape index (κ1) is 18.2. The van der Waals surface area contributed by atoms with Crippen molar-refractivity contribution in [1.82, 2.24) is 9.66 Å². The van der Waals surface area contributed by atoms with E-state index in [0.29, 0.717) is 20.5 Å². The van der Waals surface area contributed by atoms with Gasteiger partial charge in [-0.2, -0.15) is 0 Å². The number of imidazole rings is 1. The maximum Gasteiger partial charge on any atom is 0.280 e. The molecule has 2 amide bonds. The number of rotatable bonds is 4. The smallest absolute Gasteiger partial charge is 0.280 e. The molecule has 0 spiro atoms. The topological polar surface area (TPSA) is 76.0 Å². The van der Waals surface area contributed by atoms with Crippen molar-refractivity contribution < 1.29 is 9.59 Å². The number of thiophene rings is 1. The molecule has 0 saturated carbocycles. The number of fused-ring (bicyclic) bond motifs is 1. The predicted molar refractivity (Wildman–Crippen MR) is 112 cm³/mol. The van der Waals surface area contributed by atoms with E-state index >= 15 is 0 Å². The van der Waals surface area contributed by atoms with E-state index < -0.39 is 0 Å². The molecule has 0 aliphatic rings. The Hall–Kier alpha value is -3.16. The van der Waals surface area contributed by atoms with Crippen LogP contribution in [0.5, 0.6) is 0 Å². The summed E-state index contributed by atoms with van der Waals surface area (Å²) < 4.78 is 1.58. The van der Waals surface area contributed by atoms with Gasteiger partial charge in [-0.15, -0.1) is 11.3 Å². The van der Waals surface area contributed by atoms with E-state index in [1.165, 1.54) is 11.3 Å². The van der Waals surface area contributed by atoms with E-state index in [-0.39, 0.29) is 11.8 Å². The number of benzene rings is 2. The maximum atomic E-state index is 12.7. The van der Waals surface area contributed by atoms with Crippen LogP contribution in [0.3, 0.4) is 0 Å². The zero-order valence-electron chi connectivity index (χ0n) is 14.8. The number of aromatic nitrogens is 2. The quantitative estimate of drug-likeness (QED) is 0.512. The lowest BCUT2D eigenvalue weighted by Crippen LogP contribution is -2.21. The summed E-state index contributed by atoms with van der Waals surface area (Å²) in [5, 5.41) is 3.75. The number of carbonyl (C=O) groups is 2. The molecule has 0 unspecified atom stereocenters. The second kappa shape index (κ2) is 7.46. The minimum absolute atomic E-state index is 0.274.